The van der Waals surface area contributed by atoms with E-state index in [9.17, 15) is 4.79 Å². The average molecular weight is 465 g/mol. The van der Waals surface area contributed by atoms with Crippen molar-refractivity contribution in [1.29, 1.82) is 0 Å². The number of aromatic nitrogens is 5. The molecule has 2 aromatic heterocycles. The summed E-state index contributed by atoms with van der Waals surface area (Å²) < 4.78 is 13.4. The molecule has 0 saturated heterocycles. The van der Waals surface area contributed by atoms with Crippen LogP contribution in [0.2, 0.25) is 0 Å². The summed E-state index contributed by atoms with van der Waals surface area (Å²) in [7, 11) is 3.29. The van der Waals surface area contributed by atoms with Gasteiger partial charge in [-0.3, -0.25) is 9.78 Å². The molecule has 0 atom stereocenters. The van der Waals surface area contributed by atoms with Crippen LogP contribution in [0.1, 0.15) is 5.69 Å². The molecule has 0 aliphatic heterocycles. The van der Waals surface area contributed by atoms with Crippen molar-refractivity contribution in [3.63, 3.8) is 0 Å². The van der Waals surface area contributed by atoms with Crippen LogP contribution < -0.4 is 14.8 Å². The maximum absolute atomic E-state index is 12.1. The van der Waals surface area contributed by atoms with E-state index in [0.717, 1.165) is 10.2 Å². The lowest BCUT2D eigenvalue weighted by atomic mass is 10.3. The molecular formula is C17H17BrN6O3S. The summed E-state index contributed by atoms with van der Waals surface area (Å²) in [6, 6.07) is 9.03. The summed E-state index contributed by atoms with van der Waals surface area (Å²) in [5, 5.41) is 14.7. The van der Waals surface area contributed by atoms with Gasteiger partial charge in [0.2, 0.25) is 5.16 Å². The molecule has 11 heteroatoms. The molecular weight excluding hydrogens is 448 g/mol. The number of carbonyl (C=O) groups excluding carboxylic acids is 1. The van der Waals surface area contributed by atoms with E-state index in [1.54, 1.807) is 36.1 Å². The van der Waals surface area contributed by atoms with Gasteiger partial charge in [-0.25, -0.2) is 4.68 Å². The van der Waals surface area contributed by atoms with Gasteiger partial charge in [0, 0.05) is 29.0 Å². The number of nitrogens with one attached hydrogen (secondary N) is 1. The number of tetrazole rings is 1. The molecule has 0 aliphatic carbocycles. The predicted octanol–water partition coefficient (Wildman–Crippen LogP) is 2.69. The highest BCUT2D eigenvalue weighted by Crippen LogP contribution is 2.29. The fraction of sp³-hybridized carbons (Fsp3) is 0.235. The maximum Gasteiger partial charge on any atom is 0.262 e. The number of hydrogen-bond acceptors (Lipinski definition) is 8. The number of amides is 1. The second-order valence-electron chi connectivity index (χ2n) is 5.54. The van der Waals surface area contributed by atoms with E-state index in [2.05, 4.69) is 41.8 Å². The van der Waals surface area contributed by atoms with Gasteiger partial charge in [0.15, 0.2) is 18.1 Å². The Bertz CT molecular complexity index is 950. The number of anilines is 1. The maximum atomic E-state index is 12.1. The third-order valence-electron chi connectivity index (χ3n) is 3.53. The second-order valence-corrected chi connectivity index (χ2v) is 7.40. The highest BCUT2D eigenvalue weighted by Gasteiger charge is 2.12. The molecule has 0 bridgehead atoms. The Morgan fingerprint density at radius 1 is 1.29 bits per heavy atom. The average Bonchev–Trinajstić information content (AvgIpc) is 3.11. The summed E-state index contributed by atoms with van der Waals surface area (Å²) >= 11 is 4.79. The van der Waals surface area contributed by atoms with Crippen LogP contribution in [0.25, 0.3) is 0 Å². The number of rotatable bonds is 8. The molecule has 1 aromatic carbocycles. The van der Waals surface area contributed by atoms with Crippen molar-refractivity contribution in [2.24, 2.45) is 7.05 Å². The highest BCUT2D eigenvalue weighted by molar-refractivity contribution is 9.10. The molecule has 0 radical (unpaired) electrons. The number of halogens is 1. The smallest absolute Gasteiger partial charge is 0.262 e. The molecule has 1 amide bonds. The fourth-order valence-corrected chi connectivity index (χ4v) is 3.18. The van der Waals surface area contributed by atoms with Crippen LogP contribution in [-0.2, 0) is 17.6 Å². The molecule has 1 N–H and O–H groups in total. The number of carbonyl (C=O) groups is 1. The minimum absolute atomic E-state index is 0.157. The van der Waals surface area contributed by atoms with Crippen molar-refractivity contribution < 1.29 is 14.3 Å². The summed E-state index contributed by atoms with van der Waals surface area (Å²) in [6.45, 7) is -0.157. The van der Waals surface area contributed by atoms with Gasteiger partial charge in [0.05, 0.1) is 19.0 Å². The first kappa shape index (κ1) is 20.1. The molecule has 146 valence electrons. The zero-order valence-electron chi connectivity index (χ0n) is 15.1. The van der Waals surface area contributed by atoms with Crippen molar-refractivity contribution in [2.45, 2.75) is 10.9 Å². The van der Waals surface area contributed by atoms with E-state index >= 15 is 0 Å². The Balaban J connectivity index is 1.60. The summed E-state index contributed by atoms with van der Waals surface area (Å²) in [6.07, 6.45) is 1.56. The van der Waals surface area contributed by atoms with Crippen LogP contribution >= 0.6 is 27.7 Å². The van der Waals surface area contributed by atoms with Gasteiger partial charge in [0.1, 0.15) is 0 Å². The van der Waals surface area contributed by atoms with Crippen LogP contribution in [0.3, 0.4) is 0 Å². The molecule has 0 spiro atoms. The molecule has 0 aliphatic rings. The zero-order chi connectivity index (χ0) is 19.9. The van der Waals surface area contributed by atoms with Gasteiger partial charge >= 0.3 is 0 Å². The number of thioether (sulfide) groups is 1. The fourth-order valence-electron chi connectivity index (χ4n) is 2.17. The SMILES string of the molecule is COc1cnc(CSc2nnnn2C)cc1OCC(=O)Nc1ccc(Br)cc1. The topological polar surface area (TPSA) is 104 Å². The third-order valence-corrected chi connectivity index (χ3v) is 5.10. The van der Waals surface area contributed by atoms with Gasteiger partial charge < -0.3 is 14.8 Å². The van der Waals surface area contributed by atoms with Crippen LogP contribution in [0.5, 0.6) is 11.5 Å². The van der Waals surface area contributed by atoms with Crippen LogP contribution in [0.15, 0.2) is 46.2 Å². The quantitative estimate of drug-likeness (QED) is 0.507. The highest BCUT2D eigenvalue weighted by atomic mass is 79.9. The lowest BCUT2D eigenvalue weighted by Gasteiger charge is -2.12. The Morgan fingerprint density at radius 3 is 2.75 bits per heavy atom. The lowest BCUT2D eigenvalue weighted by Crippen LogP contribution is -2.20. The first-order valence-corrected chi connectivity index (χ1v) is 9.89. The van der Waals surface area contributed by atoms with Gasteiger partial charge in [-0.05, 0) is 34.7 Å². The third kappa shape index (κ3) is 5.42. The Morgan fingerprint density at radius 2 is 2.07 bits per heavy atom. The molecule has 2 heterocycles. The number of benzene rings is 1. The molecule has 0 saturated carbocycles. The van der Waals surface area contributed by atoms with Crippen LogP contribution in [-0.4, -0.2) is 44.8 Å². The molecule has 0 fully saturated rings. The predicted molar refractivity (Wildman–Crippen MR) is 107 cm³/mol. The molecule has 9 nitrogen and oxygen atoms in total. The van der Waals surface area contributed by atoms with Crippen molar-refractivity contribution in [2.75, 3.05) is 19.0 Å². The Hall–Kier alpha value is -2.66. The van der Waals surface area contributed by atoms with Gasteiger partial charge in [0.25, 0.3) is 5.91 Å². The minimum atomic E-state index is -0.276. The summed E-state index contributed by atoms with van der Waals surface area (Å²) in [4.78, 5) is 16.5. The summed E-state index contributed by atoms with van der Waals surface area (Å²) in [5.41, 5.74) is 1.44. The first-order chi connectivity index (χ1) is 13.5. The van der Waals surface area contributed by atoms with Crippen LogP contribution in [0.4, 0.5) is 5.69 Å². The van der Waals surface area contributed by atoms with Crippen LogP contribution in [0, 0.1) is 0 Å². The number of aryl methyl sites for hydroxylation is 1. The largest absolute Gasteiger partial charge is 0.491 e. The van der Waals surface area contributed by atoms with Crippen molar-refractivity contribution >= 4 is 39.3 Å². The van der Waals surface area contributed by atoms with E-state index in [0.29, 0.717) is 28.1 Å². The van der Waals surface area contributed by atoms with E-state index in [1.165, 1.54) is 18.9 Å². The summed E-state index contributed by atoms with van der Waals surface area (Å²) in [5.74, 6) is 1.16. The van der Waals surface area contributed by atoms with Crippen molar-refractivity contribution in [1.82, 2.24) is 25.2 Å². The molecule has 28 heavy (non-hydrogen) atoms. The van der Waals surface area contributed by atoms with E-state index in [-0.39, 0.29) is 12.5 Å². The van der Waals surface area contributed by atoms with Crippen molar-refractivity contribution in [3.8, 4) is 11.5 Å². The normalized spacial score (nSPS) is 10.5. The molecule has 0 unspecified atom stereocenters. The van der Waals surface area contributed by atoms with E-state index < -0.39 is 0 Å². The van der Waals surface area contributed by atoms with Gasteiger partial charge in [-0.1, -0.05) is 27.7 Å². The minimum Gasteiger partial charge on any atom is -0.491 e. The van der Waals surface area contributed by atoms with E-state index in [1.807, 2.05) is 12.1 Å². The zero-order valence-corrected chi connectivity index (χ0v) is 17.5. The Labute approximate surface area is 174 Å². The second kappa shape index (κ2) is 9.51. The lowest BCUT2D eigenvalue weighted by molar-refractivity contribution is -0.118. The number of ether oxygens (including phenoxy) is 2. The molecule has 3 rings (SSSR count). The Kier molecular flexibility index (Phi) is 6.82. The molecule has 3 aromatic rings. The first-order valence-electron chi connectivity index (χ1n) is 8.11. The van der Waals surface area contributed by atoms with E-state index in [4.69, 9.17) is 9.47 Å². The van der Waals surface area contributed by atoms with Gasteiger partial charge in [-0.15, -0.1) is 5.10 Å². The monoisotopic (exact) mass is 464 g/mol. The number of pyridine rings is 1. The van der Waals surface area contributed by atoms with Crippen molar-refractivity contribution in [3.05, 3.63) is 46.7 Å². The number of nitrogens with zero attached hydrogens (tertiary/aromatic N) is 5. The van der Waals surface area contributed by atoms with Gasteiger partial charge in [-0.2, -0.15) is 0 Å². The number of methoxy groups -OCH3 is 1. The number of hydrogen-bond donors (Lipinski definition) is 1. The standard InChI is InChI=1S/C17H17BrN6O3S/c1-24-17(21-22-23-24)28-10-13-7-14(15(26-2)8-19-13)27-9-16(25)20-12-5-3-11(18)4-6-12/h3-8H,9-10H2,1-2H3,(H,20,25).